The van der Waals surface area contributed by atoms with Crippen LogP contribution < -0.4 is 11.1 Å². The lowest BCUT2D eigenvalue weighted by atomic mass is 10.1. The van der Waals surface area contributed by atoms with Gasteiger partial charge < -0.3 is 16.0 Å². The summed E-state index contributed by atoms with van der Waals surface area (Å²) in [6.45, 7) is 0.573. The van der Waals surface area contributed by atoms with Crippen LogP contribution in [0.15, 0.2) is 30.6 Å². The van der Waals surface area contributed by atoms with E-state index >= 15 is 0 Å². The number of nitrogens with two attached hydrogens (primary N) is 1. The molecule has 1 amide bonds. The highest BCUT2D eigenvalue weighted by Crippen LogP contribution is 2.10. The van der Waals surface area contributed by atoms with Crippen LogP contribution in [0.1, 0.15) is 21.7 Å². The van der Waals surface area contributed by atoms with E-state index in [0.29, 0.717) is 18.5 Å². The number of aromatic amines is 1. The standard InChI is InChI=1S/C15H15FN4O/c16-12-4-3-11(2-1-6-17)13(10-12)15(21)20-7-5-14-18-8-9-19-14/h3-4,8-10H,5-7,17H2,(H,18,19)(H,20,21). The minimum atomic E-state index is -0.482. The molecule has 0 fully saturated rings. The SMILES string of the molecule is NCC#Cc1ccc(F)cc1C(=O)NCCc1ncc[nH]1. The molecule has 0 atom stereocenters. The number of H-pyrrole nitrogens is 1. The Balaban J connectivity index is 2.05. The number of carbonyl (C=O) groups is 1. The summed E-state index contributed by atoms with van der Waals surface area (Å²) in [5.74, 6) is 5.34. The van der Waals surface area contributed by atoms with Crippen LogP contribution in [0.4, 0.5) is 4.39 Å². The molecule has 21 heavy (non-hydrogen) atoms. The van der Waals surface area contributed by atoms with Gasteiger partial charge in [0.2, 0.25) is 0 Å². The zero-order valence-corrected chi connectivity index (χ0v) is 11.3. The summed E-state index contributed by atoms with van der Waals surface area (Å²) in [6, 6.07) is 3.91. The van der Waals surface area contributed by atoms with Gasteiger partial charge in [-0.25, -0.2) is 9.37 Å². The van der Waals surface area contributed by atoms with E-state index in [9.17, 15) is 9.18 Å². The van der Waals surface area contributed by atoms with Crippen molar-refractivity contribution in [3.8, 4) is 11.8 Å². The van der Waals surface area contributed by atoms with Gasteiger partial charge in [-0.2, -0.15) is 0 Å². The molecule has 0 saturated heterocycles. The number of nitrogens with one attached hydrogen (secondary N) is 2. The number of benzene rings is 1. The first kappa shape index (κ1) is 14.8. The maximum Gasteiger partial charge on any atom is 0.252 e. The van der Waals surface area contributed by atoms with Crippen LogP contribution in [0.3, 0.4) is 0 Å². The van der Waals surface area contributed by atoms with Gasteiger partial charge in [0.25, 0.3) is 5.91 Å². The van der Waals surface area contributed by atoms with Crippen LogP contribution in [0.2, 0.25) is 0 Å². The predicted octanol–water partition coefficient (Wildman–Crippen LogP) is 0.831. The molecule has 4 N–H and O–H groups in total. The van der Waals surface area contributed by atoms with E-state index in [1.54, 1.807) is 12.4 Å². The fraction of sp³-hybridized carbons (Fsp3) is 0.200. The number of imidazole rings is 1. The van der Waals surface area contributed by atoms with Crippen molar-refractivity contribution >= 4 is 5.91 Å². The lowest BCUT2D eigenvalue weighted by molar-refractivity contribution is 0.0953. The molecule has 1 heterocycles. The van der Waals surface area contributed by atoms with E-state index < -0.39 is 5.82 Å². The maximum absolute atomic E-state index is 13.3. The zero-order chi connectivity index (χ0) is 15.1. The van der Waals surface area contributed by atoms with Gasteiger partial charge in [-0.3, -0.25) is 4.79 Å². The van der Waals surface area contributed by atoms with Gasteiger partial charge in [0.05, 0.1) is 12.1 Å². The summed E-state index contributed by atoms with van der Waals surface area (Å²) < 4.78 is 13.3. The van der Waals surface area contributed by atoms with Crippen molar-refractivity contribution in [3.63, 3.8) is 0 Å². The van der Waals surface area contributed by atoms with Crippen molar-refractivity contribution in [3.05, 3.63) is 53.4 Å². The minimum Gasteiger partial charge on any atom is -0.352 e. The first-order valence-electron chi connectivity index (χ1n) is 6.45. The average Bonchev–Trinajstić information content (AvgIpc) is 2.99. The second-order valence-electron chi connectivity index (χ2n) is 4.24. The summed E-state index contributed by atoms with van der Waals surface area (Å²) >= 11 is 0. The number of aromatic nitrogens is 2. The number of hydrogen-bond acceptors (Lipinski definition) is 3. The van der Waals surface area contributed by atoms with E-state index in [2.05, 4.69) is 27.1 Å². The van der Waals surface area contributed by atoms with Gasteiger partial charge >= 0.3 is 0 Å². The largest absolute Gasteiger partial charge is 0.352 e. The van der Waals surface area contributed by atoms with Crippen LogP contribution in [-0.2, 0) is 6.42 Å². The molecular formula is C15H15FN4O. The number of amides is 1. The van der Waals surface area contributed by atoms with Crippen molar-refractivity contribution in [1.82, 2.24) is 15.3 Å². The Kier molecular flexibility index (Phi) is 5.07. The molecule has 2 aromatic rings. The van der Waals surface area contributed by atoms with Crippen LogP contribution in [0.25, 0.3) is 0 Å². The Labute approximate surface area is 121 Å². The quantitative estimate of drug-likeness (QED) is 0.728. The Bertz CT molecular complexity index is 671. The molecule has 0 unspecified atom stereocenters. The van der Waals surface area contributed by atoms with Crippen LogP contribution >= 0.6 is 0 Å². The minimum absolute atomic E-state index is 0.178. The number of hydrogen-bond donors (Lipinski definition) is 3. The molecule has 0 spiro atoms. The lowest BCUT2D eigenvalue weighted by Gasteiger charge is -2.06. The van der Waals surface area contributed by atoms with Crippen molar-refractivity contribution in [1.29, 1.82) is 0 Å². The smallest absolute Gasteiger partial charge is 0.252 e. The molecule has 0 bridgehead atoms. The normalized spacial score (nSPS) is 9.81. The Morgan fingerprint density at radius 1 is 1.48 bits per heavy atom. The highest BCUT2D eigenvalue weighted by Gasteiger charge is 2.11. The van der Waals surface area contributed by atoms with Gasteiger partial charge in [-0.15, -0.1) is 0 Å². The molecule has 0 aliphatic rings. The third kappa shape index (κ3) is 4.16. The number of rotatable bonds is 4. The molecule has 0 radical (unpaired) electrons. The maximum atomic E-state index is 13.3. The van der Waals surface area contributed by atoms with E-state index in [0.717, 1.165) is 5.82 Å². The summed E-state index contributed by atoms with van der Waals surface area (Å²) in [4.78, 5) is 19.1. The van der Waals surface area contributed by atoms with E-state index in [4.69, 9.17) is 5.73 Å². The molecule has 2 rings (SSSR count). The third-order valence-electron chi connectivity index (χ3n) is 2.75. The second-order valence-corrected chi connectivity index (χ2v) is 4.24. The molecule has 1 aromatic carbocycles. The topological polar surface area (TPSA) is 83.8 Å². The molecule has 0 aliphatic carbocycles. The fourth-order valence-electron chi connectivity index (χ4n) is 1.78. The Morgan fingerprint density at radius 3 is 3.05 bits per heavy atom. The summed E-state index contributed by atoms with van der Waals surface area (Å²) in [5, 5.41) is 2.72. The molecule has 6 heteroatoms. The molecule has 0 saturated carbocycles. The highest BCUT2D eigenvalue weighted by molar-refractivity contribution is 5.96. The van der Waals surface area contributed by atoms with Gasteiger partial charge in [-0.05, 0) is 18.2 Å². The number of nitrogens with zero attached hydrogens (tertiary/aromatic N) is 1. The molecule has 0 aliphatic heterocycles. The van der Waals surface area contributed by atoms with Crippen LogP contribution in [0, 0.1) is 17.7 Å². The van der Waals surface area contributed by atoms with Crippen LogP contribution in [-0.4, -0.2) is 29.0 Å². The molecule has 5 nitrogen and oxygen atoms in total. The summed E-state index contributed by atoms with van der Waals surface area (Å²) in [7, 11) is 0. The molecule has 108 valence electrons. The van der Waals surface area contributed by atoms with E-state index in [-0.39, 0.29) is 18.0 Å². The first-order valence-corrected chi connectivity index (χ1v) is 6.45. The predicted molar refractivity (Wildman–Crippen MR) is 77.0 cm³/mol. The monoisotopic (exact) mass is 286 g/mol. The lowest BCUT2D eigenvalue weighted by Crippen LogP contribution is -2.26. The molecule has 1 aromatic heterocycles. The molecular weight excluding hydrogens is 271 g/mol. The van der Waals surface area contributed by atoms with Crippen molar-refractivity contribution < 1.29 is 9.18 Å². The van der Waals surface area contributed by atoms with E-state index in [1.165, 1.54) is 18.2 Å². The van der Waals surface area contributed by atoms with Gasteiger partial charge in [0.15, 0.2) is 0 Å². The fourth-order valence-corrected chi connectivity index (χ4v) is 1.78. The Hall–Kier alpha value is -2.65. The second kappa shape index (κ2) is 7.22. The van der Waals surface area contributed by atoms with Gasteiger partial charge in [0.1, 0.15) is 11.6 Å². The Morgan fingerprint density at radius 2 is 2.33 bits per heavy atom. The van der Waals surface area contributed by atoms with E-state index in [1.807, 2.05) is 0 Å². The summed E-state index contributed by atoms with van der Waals surface area (Å²) in [5.41, 5.74) is 5.97. The summed E-state index contributed by atoms with van der Waals surface area (Å²) in [6.07, 6.45) is 3.92. The van der Waals surface area contributed by atoms with Crippen LogP contribution in [0.5, 0.6) is 0 Å². The first-order chi connectivity index (χ1) is 10.2. The number of halogens is 1. The van der Waals surface area contributed by atoms with Gasteiger partial charge in [0, 0.05) is 30.9 Å². The zero-order valence-electron chi connectivity index (χ0n) is 11.3. The van der Waals surface area contributed by atoms with Crippen molar-refractivity contribution in [2.24, 2.45) is 5.73 Å². The van der Waals surface area contributed by atoms with Crippen molar-refractivity contribution in [2.45, 2.75) is 6.42 Å². The van der Waals surface area contributed by atoms with Gasteiger partial charge in [-0.1, -0.05) is 11.8 Å². The number of carbonyl (C=O) groups excluding carboxylic acids is 1. The highest BCUT2D eigenvalue weighted by atomic mass is 19.1. The average molecular weight is 286 g/mol. The third-order valence-corrected chi connectivity index (χ3v) is 2.75. The van der Waals surface area contributed by atoms with Crippen molar-refractivity contribution in [2.75, 3.05) is 13.1 Å².